The molecule has 11 heteroatoms. The van der Waals surface area contributed by atoms with Crippen LogP contribution in [0.2, 0.25) is 0 Å². The van der Waals surface area contributed by atoms with E-state index in [9.17, 15) is 24.0 Å². The van der Waals surface area contributed by atoms with Crippen LogP contribution in [-0.2, 0) is 24.0 Å². The van der Waals surface area contributed by atoms with E-state index in [0.717, 1.165) is 0 Å². The maximum Gasteiger partial charge on any atom is 0.326 e. The van der Waals surface area contributed by atoms with E-state index in [-0.39, 0.29) is 11.8 Å². The normalized spacial score (nSPS) is 16.9. The summed E-state index contributed by atoms with van der Waals surface area (Å²) >= 11 is 0. The largest absolute Gasteiger partial charge is 0.481 e. The molecule has 0 radical (unpaired) electrons. The summed E-state index contributed by atoms with van der Waals surface area (Å²) in [6.07, 6.45) is 0.364. The minimum atomic E-state index is -1.64. The minimum Gasteiger partial charge on any atom is -0.481 e. The number of rotatable bonds is 13. The van der Waals surface area contributed by atoms with Crippen molar-refractivity contribution in [2.75, 3.05) is 0 Å². The molecule has 7 N–H and O–H groups in total. The van der Waals surface area contributed by atoms with E-state index in [2.05, 4.69) is 16.0 Å². The van der Waals surface area contributed by atoms with Crippen molar-refractivity contribution >= 4 is 29.7 Å². The molecule has 0 aliphatic carbocycles. The fourth-order valence-electron chi connectivity index (χ4n) is 2.50. The van der Waals surface area contributed by atoms with E-state index < -0.39 is 60.2 Å². The highest BCUT2D eigenvalue weighted by Crippen LogP contribution is 2.10. The number of carboxylic acid groups (broad SMARTS) is 2. The van der Waals surface area contributed by atoms with Crippen molar-refractivity contribution in [3.05, 3.63) is 0 Å². The Morgan fingerprint density at radius 3 is 1.77 bits per heavy atom. The Morgan fingerprint density at radius 1 is 0.800 bits per heavy atom. The van der Waals surface area contributed by atoms with Gasteiger partial charge in [0.2, 0.25) is 17.7 Å². The van der Waals surface area contributed by atoms with E-state index in [4.69, 9.17) is 15.9 Å². The van der Waals surface area contributed by atoms with Gasteiger partial charge in [-0.3, -0.25) is 19.2 Å². The van der Waals surface area contributed by atoms with Gasteiger partial charge in [-0.1, -0.05) is 40.5 Å². The quantitative estimate of drug-likeness (QED) is 0.224. The molecule has 0 aliphatic heterocycles. The molecule has 0 fully saturated rings. The molecular weight excluding hydrogens is 396 g/mol. The third-order valence-electron chi connectivity index (χ3n) is 5.10. The summed E-state index contributed by atoms with van der Waals surface area (Å²) in [7, 11) is 0. The molecule has 0 aromatic heterocycles. The molecule has 6 unspecified atom stereocenters. The standard InChI is InChI=1S/C19H34N4O7/c1-6-9(3)14(20)17(27)21-11(5)16(26)23-15(10(4)7-2)18(28)22-12(19(29)30)8-13(24)25/h9-12,14-15H,6-8,20H2,1-5H3,(H,21,27)(H,22,28)(H,23,26)(H,24,25)(H,29,30). The van der Waals surface area contributed by atoms with Crippen molar-refractivity contribution in [1.29, 1.82) is 0 Å². The molecule has 172 valence electrons. The fraction of sp³-hybridized carbons (Fsp3) is 0.737. The zero-order chi connectivity index (χ0) is 23.6. The third-order valence-corrected chi connectivity index (χ3v) is 5.10. The molecule has 0 aromatic rings. The Hall–Kier alpha value is -2.69. The number of carbonyl (C=O) groups is 5. The Balaban J connectivity index is 5.21. The molecule has 30 heavy (non-hydrogen) atoms. The van der Waals surface area contributed by atoms with Crippen molar-refractivity contribution < 1.29 is 34.2 Å². The number of carbonyl (C=O) groups excluding carboxylic acids is 3. The predicted molar refractivity (Wildman–Crippen MR) is 108 cm³/mol. The highest BCUT2D eigenvalue weighted by atomic mass is 16.4. The number of nitrogens with one attached hydrogen (secondary N) is 3. The maximum absolute atomic E-state index is 12.6. The number of hydrogen-bond acceptors (Lipinski definition) is 6. The third kappa shape index (κ3) is 8.76. The average Bonchev–Trinajstić information content (AvgIpc) is 2.68. The molecule has 6 atom stereocenters. The molecule has 0 rings (SSSR count). The van der Waals surface area contributed by atoms with Gasteiger partial charge >= 0.3 is 11.9 Å². The van der Waals surface area contributed by atoms with Crippen LogP contribution < -0.4 is 21.7 Å². The molecule has 0 aliphatic rings. The Bertz CT molecular complexity index is 640. The van der Waals surface area contributed by atoms with Gasteiger partial charge in [-0.25, -0.2) is 4.79 Å². The van der Waals surface area contributed by atoms with Gasteiger partial charge in [0.25, 0.3) is 0 Å². The minimum absolute atomic E-state index is 0.0823. The van der Waals surface area contributed by atoms with Gasteiger partial charge < -0.3 is 31.9 Å². The highest BCUT2D eigenvalue weighted by Gasteiger charge is 2.32. The van der Waals surface area contributed by atoms with Crippen LogP contribution in [0.5, 0.6) is 0 Å². The SMILES string of the molecule is CCC(C)C(N)C(=O)NC(C)C(=O)NC(C(=O)NC(CC(=O)O)C(=O)O)C(C)CC. The van der Waals surface area contributed by atoms with Crippen LogP contribution in [0.15, 0.2) is 0 Å². The van der Waals surface area contributed by atoms with Crippen LogP contribution in [0.1, 0.15) is 53.9 Å². The van der Waals surface area contributed by atoms with Crippen LogP contribution >= 0.6 is 0 Å². The van der Waals surface area contributed by atoms with Crippen LogP contribution in [0, 0.1) is 11.8 Å². The summed E-state index contributed by atoms with van der Waals surface area (Å²) in [5.74, 6) is -5.31. The fourth-order valence-corrected chi connectivity index (χ4v) is 2.50. The first-order valence-corrected chi connectivity index (χ1v) is 9.96. The molecule has 0 spiro atoms. The van der Waals surface area contributed by atoms with E-state index >= 15 is 0 Å². The average molecular weight is 431 g/mol. The second kappa shape index (κ2) is 12.8. The molecule has 0 heterocycles. The molecular formula is C19H34N4O7. The van der Waals surface area contributed by atoms with Crippen LogP contribution in [-0.4, -0.2) is 64.0 Å². The first-order valence-electron chi connectivity index (χ1n) is 9.96. The summed E-state index contributed by atoms with van der Waals surface area (Å²) in [5.41, 5.74) is 5.85. The van der Waals surface area contributed by atoms with E-state index in [1.165, 1.54) is 6.92 Å². The summed E-state index contributed by atoms with van der Waals surface area (Å²) < 4.78 is 0. The van der Waals surface area contributed by atoms with Crippen LogP contribution in [0.3, 0.4) is 0 Å². The summed E-state index contributed by atoms with van der Waals surface area (Å²) in [4.78, 5) is 59.3. The van der Waals surface area contributed by atoms with Crippen molar-refractivity contribution in [3.63, 3.8) is 0 Å². The molecule has 0 saturated carbocycles. The number of nitrogens with two attached hydrogens (primary N) is 1. The van der Waals surface area contributed by atoms with E-state index in [1.807, 2.05) is 13.8 Å². The molecule has 0 bridgehead atoms. The number of amides is 3. The van der Waals surface area contributed by atoms with Gasteiger partial charge in [0, 0.05) is 0 Å². The second-order valence-electron chi connectivity index (χ2n) is 7.51. The lowest BCUT2D eigenvalue weighted by molar-refractivity contribution is -0.147. The lowest BCUT2D eigenvalue weighted by Gasteiger charge is -2.27. The number of hydrogen-bond donors (Lipinski definition) is 6. The molecule has 0 saturated heterocycles. The monoisotopic (exact) mass is 430 g/mol. The second-order valence-corrected chi connectivity index (χ2v) is 7.51. The van der Waals surface area contributed by atoms with E-state index in [1.54, 1.807) is 13.8 Å². The zero-order valence-electron chi connectivity index (χ0n) is 18.1. The number of aliphatic carboxylic acids is 2. The summed E-state index contributed by atoms with van der Waals surface area (Å²) in [6, 6.07) is -4.52. The van der Waals surface area contributed by atoms with Gasteiger partial charge in [0.15, 0.2) is 0 Å². The highest BCUT2D eigenvalue weighted by molar-refractivity contribution is 5.94. The molecule has 11 nitrogen and oxygen atoms in total. The van der Waals surface area contributed by atoms with Gasteiger partial charge in [-0.05, 0) is 18.8 Å². The van der Waals surface area contributed by atoms with E-state index in [0.29, 0.717) is 12.8 Å². The van der Waals surface area contributed by atoms with Crippen molar-refractivity contribution in [3.8, 4) is 0 Å². The number of carboxylic acids is 2. The van der Waals surface area contributed by atoms with Crippen molar-refractivity contribution in [1.82, 2.24) is 16.0 Å². The van der Waals surface area contributed by atoms with Gasteiger partial charge in [-0.15, -0.1) is 0 Å². The van der Waals surface area contributed by atoms with Gasteiger partial charge in [0.1, 0.15) is 18.1 Å². The summed E-state index contributed by atoms with van der Waals surface area (Å²) in [5, 5.41) is 25.1. The van der Waals surface area contributed by atoms with Crippen LogP contribution in [0.25, 0.3) is 0 Å². The Labute approximate surface area is 176 Å². The summed E-state index contributed by atoms with van der Waals surface area (Å²) in [6.45, 7) is 8.60. The smallest absolute Gasteiger partial charge is 0.326 e. The van der Waals surface area contributed by atoms with Crippen molar-refractivity contribution in [2.24, 2.45) is 17.6 Å². The zero-order valence-corrected chi connectivity index (χ0v) is 18.1. The van der Waals surface area contributed by atoms with Crippen molar-refractivity contribution in [2.45, 2.75) is 78.0 Å². The lowest BCUT2D eigenvalue weighted by atomic mass is 9.97. The van der Waals surface area contributed by atoms with Gasteiger partial charge in [0.05, 0.1) is 12.5 Å². The van der Waals surface area contributed by atoms with Gasteiger partial charge in [-0.2, -0.15) is 0 Å². The lowest BCUT2D eigenvalue weighted by Crippen LogP contribution is -2.58. The first kappa shape index (κ1) is 27.3. The van der Waals surface area contributed by atoms with Crippen LogP contribution in [0.4, 0.5) is 0 Å². The molecule has 0 aromatic carbocycles. The molecule has 3 amide bonds. The first-order chi connectivity index (χ1) is 13.8. The Morgan fingerprint density at radius 2 is 1.33 bits per heavy atom. The Kier molecular flexibility index (Phi) is 11.6. The predicted octanol–water partition coefficient (Wildman–Crippen LogP) is -0.560. The maximum atomic E-state index is 12.6. The topological polar surface area (TPSA) is 188 Å².